The van der Waals surface area contributed by atoms with Crippen LogP contribution in [0.2, 0.25) is 0 Å². The monoisotopic (exact) mass is 426 g/mol. The zero-order chi connectivity index (χ0) is 22.4. The predicted octanol–water partition coefficient (Wildman–Crippen LogP) is 3.17. The zero-order valence-electron chi connectivity index (χ0n) is 17.7. The van der Waals surface area contributed by atoms with Crippen molar-refractivity contribution in [1.82, 2.24) is 4.90 Å². The van der Waals surface area contributed by atoms with Crippen molar-refractivity contribution in [3.63, 3.8) is 0 Å². The highest BCUT2D eigenvalue weighted by atomic mass is 16.6. The van der Waals surface area contributed by atoms with Crippen molar-refractivity contribution in [1.29, 1.82) is 0 Å². The van der Waals surface area contributed by atoms with E-state index in [9.17, 15) is 19.7 Å². The summed E-state index contributed by atoms with van der Waals surface area (Å²) in [4.78, 5) is 40.3. The van der Waals surface area contributed by atoms with Crippen LogP contribution in [0.3, 0.4) is 0 Å². The van der Waals surface area contributed by atoms with Crippen molar-refractivity contribution in [2.24, 2.45) is 0 Å². The summed E-state index contributed by atoms with van der Waals surface area (Å²) in [5.74, 6) is -1.10. The van der Waals surface area contributed by atoms with Crippen LogP contribution in [0.4, 0.5) is 17.1 Å². The largest absolute Gasteiger partial charge is 0.462 e. The van der Waals surface area contributed by atoms with Gasteiger partial charge in [0.2, 0.25) is 0 Å². The number of carbonyl (C=O) groups is 2. The number of carbonyl (C=O) groups excluding carboxylic acids is 2. The van der Waals surface area contributed by atoms with E-state index in [-0.39, 0.29) is 17.9 Å². The Bertz CT molecular complexity index is 970. The summed E-state index contributed by atoms with van der Waals surface area (Å²) in [6.07, 6.45) is 0. The number of nitro groups is 1. The van der Waals surface area contributed by atoms with Gasteiger partial charge in [-0.2, -0.15) is 0 Å². The van der Waals surface area contributed by atoms with E-state index in [1.807, 2.05) is 0 Å². The lowest BCUT2D eigenvalue weighted by molar-refractivity contribution is -0.385. The molecule has 0 radical (unpaired) electrons. The first-order valence-corrected chi connectivity index (χ1v) is 10.3. The highest BCUT2D eigenvalue weighted by Crippen LogP contribution is 2.30. The van der Waals surface area contributed by atoms with Crippen molar-refractivity contribution in [2.75, 3.05) is 49.5 Å². The van der Waals surface area contributed by atoms with Gasteiger partial charge in [0.1, 0.15) is 5.56 Å². The number of likely N-dealkylation sites (N-methyl/N-ethyl adjacent to an activating group) is 1. The van der Waals surface area contributed by atoms with Gasteiger partial charge in [-0.25, -0.2) is 4.79 Å². The third kappa shape index (κ3) is 5.18. The van der Waals surface area contributed by atoms with E-state index < -0.39 is 16.8 Å². The van der Waals surface area contributed by atoms with Crippen molar-refractivity contribution >= 4 is 28.9 Å². The number of nitrogens with zero attached hydrogens (tertiary/aromatic N) is 3. The highest BCUT2D eigenvalue weighted by Gasteiger charge is 2.24. The average molecular weight is 426 g/mol. The number of hydrogen-bond donors (Lipinski definition) is 1. The molecule has 1 fully saturated rings. The van der Waals surface area contributed by atoms with Gasteiger partial charge in [0.15, 0.2) is 0 Å². The number of amides is 1. The van der Waals surface area contributed by atoms with E-state index in [1.165, 1.54) is 18.2 Å². The molecule has 0 aliphatic carbocycles. The third-order valence-corrected chi connectivity index (χ3v) is 5.26. The minimum Gasteiger partial charge on any atom is -0.462 e. The summed E-state index contributed by atoms with van der Waals surface area (Å²) in [5.41, 5.74) is 1.15. The van der Waals surface area contributed by atoms with E-state index in [4.69, 9.17) is 4.74 Å². The molecule has 1 aliphatic heterocycles. The molecular formula is C22H26N4O5. The molecule has 0 spiro atoms. The SMILES string of the molecule is CCOC(=O)c1ccc(N2CCN(CC)CC2)c(NC(=O)c2ccccc2[N+](=O)[O-])c1. The number of nitrogens with one attached hydrogen (secondary N) is 1. The molecule has 2 aromatic carbocycles. The van der Waals surface area contributed by atoms with Gasteiger partial charge in [-0.05, 0) is 37.7 Å². The molecule has 2 aromatic rings. The van der Waals surface area contributed by atoms with E-state index in [0.717, 1.165) is 38.4 Å². The van der Waals surface area contributed by atoms with Crippen LogP contribution in [0.25, 0.3) is 0 Å². The van der Waals surface area contributed by atoms with Crippen LogP contribution in [0.5, 0.6) is 0 Å². The number of anilines is 2. The number of para-hydroxylation sites is 1. The predicted molar refractivity (Wildman–Crippen MR) is 118 cm³/mol. The van der Waals surface area contributed by atoms with E-state index in [2.05, 4.69) is 22.0 Å². The molecule has 0 aromatic heterocycles. The van der Waals surface area contributed by atoms with Crippen LogP contribution in [0.15, 0.2) is 42.5 Å². The lowest BCUT2D eigenvalue weighted by Gasteiger charge is -2.36. The molecule has 0 saturated carbocycles. The van der Waals surface area contributed by atoms with Gasteiger partial charge >= 0.3 is 5.97 Å². The lowest BCUT2D eigenvalue weighted by Crippen LogP contribution is -2.46. The number of esters is 1. The Hall–Kier alpha value is -3.46. The first-order chi connectivity index (χ1) is 14.9. The van der Waals surface area contributed by atoms with Crippen LogP contribution >= 0.6 is 0 Å². The molecule has 9 heteroatoms. The standard InChI is InChI=1S/C22H26N4O5/c1-3-24-11-13-25(14-12-24)20-10-9-16(22(28)31-4-2)15-18(20)23-21(27)17-7-5-6-8-19(17)26(29)30/h5-10,15H,3-4,11-14H2,1-2H3,(H,23,27). The first-order valence-electron chi connectivity index (χ1n) is 10.3. The lowest BCUT2D eigenvalue weighted by atomic mass is 10.1. The fourth-order valence-electron chi connectivity index (χ4n) is 3.57. The van der Waals surface area contributed by atoms with Crippen LogP contribution in [0, 0.1) is 10.1 Å². The molecule has 31 heavy (non-hydrogen) atoms. The summed E-state index contributed by atoms with van der Waals surface area (Å²) in [5, 5.41) is 14.1. The minimum absolute atomic E-state index is 0.0456. The molecule has 1 N–H and O–H groups in total. The Morgan fingerprint density at radius 3 is 2.45 bits per heavy atom. The normalized spacial score (nSPS) is 14.2. The fraction of sp³-hybridized carbons (Fsp3) is 0.364. The second kappa shape index (κ2) is 10.0. The van der Waals surface area contributed by atoms with Gasteiger partial charge in [0, 0.05) is 32.2 Å². The van der Waals surface area contributed by atoms with Crippen molar-refractivity contribution in [2.45, 2.75) is 13.8 Å². The molecule has 9 nitrogen and oxygen atoms in total. The van der Waals surface area contributed by atoms with Crippen molar-refractivity contribution in [3.05, 3.63) is 63.7 Å². The van der Waals surface area contributed by atoms with Gasteiger partial charge < -0.3 is 19.9 Å². The molecule has 1 aliphatic rings. The number of nitro benzene ring substituents is 1. The van der Waals surface area contributed by atoms with E-state index in [0.29, 0.717) is 11.3 Å². The molecule has 164 valence electrons. The number of rotatable bonds is 7. The Labute approximate surface area is 180 Å². The van der Waals surface area contributed by atoms with Gasteiger partial charge in [-0.1, -0.05) is 19.1 Å². The minimum atomic E-state index is -0.609. The second-order valence-electron chi connectivity index (χ2n) is 7.10. The summed E-state index contributed by atoms with van der Waals surface area (Å²) >= 11 is 0. The number of hydrogen-bond acceptors (Lipinski definition) is 7. The van der Waals surface area contributed by atoms with Gasteiger partial charge in [-0.3, -0.25) is 14.9 Å². The smallest absolute Gasteiger partial charge is 0.338 e. The summed E-state index contributed by atoms with van der Waals surface area (Å²) < 4.78 is 5.08. The third-order valence-electron chi connectivity index (χ3n) is 5.26. The summed E-state index contributed by atoms with van der Waals surface area (Å²) in [7, 11) is 0. The molecule has 0 unspecified atom stereocenters. The molecule has 0 atom stereocenters. The van der Waals surface area contributed by atoms with Crippen molar-refractivity contribution < 1.29 is 19.2 Å². The molecule has 0 bridgehead atoms. The van der Waals surface area contributed by atoms with Crippen LogP contribution in [-0.2, 0) is 4.74 Å². The molecule has 3 rings (SSSR count). The molecule has 1 heterocycles. The van der Waals surface area contributed by atoms with Crippen LogP contribution in [0.1, 0.15) is 34.6 Å². The molecular weight excluding hydrogens is 400 g/mol. The fourth-order valence-corrected chi connectivity index (χ4v) is 3.57. The summed E-state index contributed by atoms with van der Waals surface area (Å²) in [6, 6.07) is 10.8. The van der Waals surface area contributed by atoms with Gasteiger partial charge in [0.25, 0.3) is 11.6 Å². The Balaban J connectivity index is 1.94. The number of ether oxygens (including phenoxy) is 1. The Morgan fingerprint density at radius 1 is 1.10 bits per heavy atom. The summed E-state index contributed by atoms with van der Waals surface area (Å²) in [6.45, 7) is 8.33. The van der Waals surface area contributed by atoms with E-state index in [1.54, 1.807) is 31.2 Å². The molecule has 1 saturated heterocycles. The molecule has 1 amide bonds. The zero-order valence-corrected chi connectivity index (χ0v) is 17.7. The highest BCUT2D eigenvalue weighted by molar-refractivity contribution is 6.09. The van der Waals surface area contributed by atoms with E-state index >= 15 is 0 Å². The second-order valence-corrected chi connectivity index (χ2v) is 7.10. The van der Waals surface area contributed by atoms with Gasteiger partial charge in [-0.15, -0.1) is 0 Å². The maximum absolute atomic E-state index is 12.9. The van der Waals surface area contributed by atoms with Crippen LogP contribution in [-0.4, -0.2) is 61.0 Å². The van der Waals surface area contributed by atoms with Gasteiger partial charge in [0.05, 0.1) is 28.5 Å². The quantitative estimate of drug-likeness (QED) is 0.412. The average Bonchev–Trinajstić information content (AvgIpc) is 2.79. The Morgan fingerprint density at radius 2 is 1.81 bits per heavy atom. The van der Waals surface area contributed by atoms with Crippen molar-refractivity contribution in [3.8, 4) is 0 Å². The Kier molecular flexibility index (Phi) is 7.19. The number of benzene rings is 2. The maximum Gasteiger partial charge on any atom is 0.338 e. The maximum atomic E-state index is 12.9. The first kappa shape index (κ1) is 22.2. The topological polar surface area (TPSA) is 105 Å². The van der Waals surface area contributed by atoms with Crippen LogP contribution < -0.4 is 10.2 Å². The number of piperazine rings is 1.